The molecule has 4 rings (SSSR count). The van der Waals surface area contributed by atoms with Crippen LogP contribution in [0.3, 0.4) is 0 Å². The van der Waals surface area contributed by atoms with Gasteiger partial charge in [-0.25, -0.2) is 4.39 Å². The summed E-state index contributed by atoms with van der Waals surface area (Å²) in [5.41, 5.74) is 8.49. The van der Waals surface area contributed by atoms with E-state index in [-0.39, 0.29) is 25.1 Å². The van der Waals surface area contributed by atoms with Crippen LogP contribution in [0.1, 0.15) is 22.3 Å². The van der Waals surface area contributed by atoms with E-state index < -0.39 is 26.7 Å². The third kappa shape index (κ3) is 7.04. The standard InChI is InChI=1S/C29H27FN2O5S/c30-27-17-14-25(23-10-5-2-6-11-23)20-28(27)38(34,35)37-32(29(33)24-12-15-26(31)16-13-24)18-7-19-36-21-22-8-3-1-4-9-22/h1-6,8-17,20H,7,18-19,21,31H2. The topological polar surface area (TPSA) is 98.9 Å². The molecule has 0 bridgehead atoms. The number of halogens is 1. The molecular weight excluding hydrogens is 507 g/mol. The van der Waals surface area contributed by atoms with E-state index in [1.165, 1.54) is 36.4 Å². The number of carbonyl (C=O) groups is 1. The Bertz CT molecular complexity index is 1460. The number of benzene rings is 4. The summed E-state index contributed by atoms with van der Waals surface area (Å²) in [7, 11) is -4.70. The number of hydrogen-bond donors (Lipinski definition) is 1. The summed E-state index contributed by atoms with van der Waals surface area (Å²) < 4.78 is 52.0. The molecule has 1 amide bonds. The van der Waals surface area contributed by atoms with E-state index in [0.717, 1.165) is 11.6 Å². The van der Waals surface area contributed by atoms with Crippen molar-refractivity contribution in [2.45, 2.75) is 17.9 Å². The maximum absolute atomic E-state index is 14.7. The normalized spacial score (nSPS) is 11.3. The van der Waals surface area contributed by atoms with Crippen molar-refractivity contribution in [3.05, 3.63) is 120 Å². The number of nitrogens with two attached hydrogens (primary N) is 1. The number of nitrogen functional groups attached to an aromatic ring is 1. The number of hydrogen-bond acceptors (Lipinski definition) is 6. The number of amides is 1. The summed E-state index contributed by atoms with van der Waals surface area (Å²) >= 11 is 0. The highest BCUT2D eigenvalue weighted by Crippen LogP contribution is 2.26. The first kappa shape index (κ1) is 27.0. The van der Waals surface area contributed by atoms with Gasteiger partial charge in [0.15, 0.2) is 0 Å². The van der Waals surface area contributed by atoms with Gasteiger partial charge in [-0.2, -0.15) is 13.5 Å². The third-order valence-electron chi connectivity index (χ3n) is 5.64. The second-order valence-corrected chi connectivity index (χ2v) is 9.96. The molecule has 7 nitrogen and oxygen atoms in total. The van der Waals surface area contributed by atoms with Gasteiger partial charge < -0.3 is 10.5 Å². The van der Waals surface area contributed by atoms with Crippen molar-refractivity contribution < 1.29 is 26.6 Å². The highest BCUT2D eigenvalue weighted by atomic mass is 32.2. The molecule has 0 aliphatic rings. The molecule has 0 aromatic heterocycles. The maximum atomic E-state index is 14.7. The van der Waals surface area contributed by atoms with Gasteiger partial charge in [-0.3, -0.25) is 4.79 Å². The van der Waals surface area contributed by atoms with Crippen LogP contribution in [0.15, 0.2) is 108 Å². The Kier molecular flexibility index (Phi) is 8.85. The predicted molar refractivity (Wildman–Crippen MR) is 143 cm³/mol. The largest absolute Gasteiger partial charge is 0.399 e. The maximum Gasteiger partial charge on any atom is 0.320 e. The van der Waals surface area contributed by atoms with Crippen molar-refractivity contribution in [3.63, 3.8) is 0 Å². The fraction of sp³-hybridized carbons (Fsp3) is 0.138. The van der Waals surface area contributed by atoms with Crippen LogP contribution in [0, 0.1) is 5.82 Å². The number of rotatable bonds is 11. The number of anilines is 1. The number of ether oxygens (including phenoxy) is 1. The van der Waals surface area contributed by atoms with E-state index in [1.807, 2.05) is 36.4 Å². The highest BCUT2D eigenvalue weighted by Gasteiger charge is 2.28. The molecule has 4 aromatic carbocycles. The minimum Gasteiger partial charge on any atom is -0.399 e. The van der Waals surface area contributed by atoms with Crippen molar-refractivity contribution in [3.8, 4) is 11.1 Å². The average Bonchev–Trinajstić information content (AvgIpc) is 2.93. The van der Waals surface area contributed by atoms with E-state index in [4.69, 9.17) is 14.8 Å². The van der Waals surface area contributed by atoms with E-state index in [9.17, 15) is 17.6 Å². The van der Waals surface area contributed by atoms with Gasteiger partial charge in [0.1, 0.15) is 10.7 Å². The van der Waals surface area contributed by atoms with Gasteiger partial charge in [0.05, 0.1) is 13.2 Å². The van der Waals surface area contributed by atoms with Crippen LogP contribution in [0.2, 0.25) is 0 Å². The Morgan fingerprint density at radius 1 is 0.842 bits per heavy atom. The van der Waals surface area contributed by atoms with Gasteiger partial charge in [-0.05, 0) is 59.5 Å². The van der Waals surface area contributed by atoms with Crippen LogP contribution < -0.4 is 5.73 Å². The SMILES string of the molecule is Nc1ccc(C(=O)N(CCCOCc2ccccc2)OS(=O)(=O)c2cc(-c3ccccc3)ccc2F)cc1. The molecule has 0 unspecified atom stereocenters. The highest BCUT2D eigenvalue weighted by molar-refractivity contribution is 7.86. The predicted octanol–water partition coefficient (Wildman–Crippen LogP) is 5.44. The molecule has 38 heavy (non-hydrogen) atoms. The van der Waals surface area contributed by atoms with Crippen LogP contribution in [0.4, 0.5) is 10.1 Å². The zero-order valence-electron chi connectivity index (χ0n) is 20.5. The molecule has 9 heteroatoms. The summed E-state index contributed by atoms with van der Waals surface area (Å²) in [6, 6.07) is 28.2. The summed E-state index contributed by atoms with van der Waals surface area (Å²) in [4.78, 5) is 12.5. The van der Waals surface area contributed by atoms with Gasteiger partial charge in [-0.15, -0.1) is 4.28 Å². The zero-order valence-corrected chi connectivity index (χ0v) is 21.3. The smallest absolute Gasteiger partial charge is 0.320 e. The molecule has 196 valence electrons. The van der Waals surface area contributed by atoms with E-state index in [0.29, 0.717) is 28.5 Å². The fourth-order valence-electron chi connectivity index (χ4n) is 3.68. The van der Waals surface area contributed by atoms with Crippen LogP contribution >= 0.6 is 0 Å². The summed E-state index contributed by atoms with van der Waals surface area (Å²) in [6.45, 7) is 0.488. The molecule has 4 aromatic rings. The van der Waals surface area contributed by atoms with Crippen molar-refractivity contribution in [2.75, 3.05) is 18.9 Å². The van der Waals surface area contributed by atoms with Gasteiger partial charge in [0.25, 0.3) is 5.91 Å². The molecule has 0 atom stereocenters. The molecule has 0 heterocycles. The van der Waals surface area contributed by atoms with Gasteiger partial charge in [-0.1, -0.05) is 66.7 Å². The lowest BCUT2D eigenvalue weighted by molar-refractivity contribution is -0.0333. The molecular formula is C29H27FN2O5S. The molecule has 2 N–H and O–H groups in total. The summed E-state index contributed by atoms with van der Waals surface area (Å²) in [5.74, 6) is -1.70. The zero-order chi connectivity index (χ0) is 27.0. The monoisotopic (exact) mass is 534 g/mol. The Morgan fingerprint density at radius 2 is 1.50 bits per heavy atom. The number of carbonyl (C=O) groups excluding carboxylic acids is 1. The lowest BCUT2D eigenvalue weighted by atomic mass is 10.1. The van der Waals surface area contributed by atoms with Crippen molar-refractivity contribution in [2.24, 2.45) is 0 Å². The molecule has 0 aliphatic carbocycles. The minimum absolute atomic E-state index is 0.114. The quantitative estimate of drug-likeness (QED) is 0.156. The number of hydroxylamine groups is 2. The molecule has 0 saturated carbocycles. The van der Waals surface area contributed by atoms with Crippen molar-refractivity contribution in [1.82, 2.24) is 5.06 Å². The van der Waals surface area contributed by atoms with E-state index >= 15 is 0 Å². The molecule has 0 saturated heterocycles. The Morgan fingerprint density at radius 3 is 2.18 bits per heavy atom. The Hall–Kier alpha value is -4.05. The Labute approximate surface area is 221 Å². The van der Waals surface area contributed by atoms with E-state index in [2.05, 4.69) is 0 Å². The Balaban J connectivity index is 1.52. The van der Waals surface area contributed by atoms with Crippen LogP contribution in [-0.4, -0.2) is 32.5 Å². The summed E-state index contributed by atoms with van der Waals surface area (Å²) in [6.07, 6.45) is 0.273. The lowest BCUT2D eigenvalue weighted by Crippen LogP contribution is -2.35. The van der Waals surface area contributed by atoms with Gasteiger partial charge in [0.2, 0.25) is 0 Å². The van der Waals surface area contributed by atoms with Gasteiger partial charge >= 0.3 is 10.1 Å². The lowest BCUT2D eigenvalue weighted by Gasteiger charge is -2.21. The van der Waals surface area contributed by atoms with Crippen molar-refractivity contribution in [1.29, 1.82) is 0 Å². The van der Waals surface area contributed by atoms with Gasteiger partial charge in [0, 0.05) is 17.9 Å². The third-order valence-corrected chi connectivity index (χ3v) is 6.87. The van der Waals surface area contributed by atoms with E-state index in [1.54, 1.807) is 24.3 Å². The minimum atomic E-state index is -4.70. The van der Waals surface area contributed by atoms with Crippen LogP contribution in [0.25, 0.3) is 11.1 Å². The first-order valence-corrected chi connectivity index (χ1v) is 13.3. The second kappa shape index (κ2) is 12.5. The molecule has 0 spiro atoms. The first-order valence-electron chi connectivity index (χ1n) is 11.9. The fourth-order valence-corrected chi connectivity index (χ4v) is 4.72. The summed E-state index contributed by atoms with van der Waals surface area (Å²) in [5, 5.41) is 0.710. The molecule has 0 aliphatic heterocycles. The van der Waals surface area contributed by atoms with Crippen molar-refractivity contribution >= 4 is 21.7 Å². The van der Waals surface area contributed by atoms with Crippen LogP contribution in [-0.2, 0) is 25.7 Å². The number of nitrogens with zero attached hydrogens (tertiary/aromatic N) is 1. The second-order valence-electron chi connectivity index (χ2n) is 8.46. The molecule has 0 fully saturated rings. The van der Waals surface area contributed by atoms with Crippen LogP contribution in [0.5, 0.6) is 0 Å². The molecule has 0 radical (unpaired) electrons. The first-order chi connectivity index (χ1) is 18.3. The average molecular weight is 535 g/mol.